The van der Waals surface area contributed by atoms with E-state index in [1.54, 1.807) is 42.5 Å². The Morgan fingerprint density at radius 2 is 1.81 bits per heavy atom. The van der Waals surface area contributed by atoms with Crippen molar-refractivity contribution in [2.75, 3.05) is 12.4 Å². The van der Waals surface area contributed by atoms with Crippen LogP contribution in [0.3, 0.4) is 0 Å². The molecular weight excluding hydrogens is 449 g/mol. The Morgan fingerprint density at radius 1 is 1.12 bits per heavy atom. The lowest BCUT2D eigenvalue weighted by Crippen LogP contribution is -2.13. The Hall–Kier alpha value is -3.53. The van der Waals surface area contributed by atoms with E-state index in [-0.39, 0.29) is 10.6 Å². The molecule has 0 bridgehead atoms. The molecule has 0 aliphatic heterocycles. The summed E-state index contributed by atoms with van der Waals surface area (Å²) < 4.78 is 6.70. The number of carbonyl (C=O) groups is 2. The smallest absolute Gasteiger partial charge is 0.337 e. The van der Waals surface area contributed by atoms with Crippen molar-refractivity contribution in [3.8, 4) is 11.8 Å². The third-order valence-electron chi connectivity index (χ3n) is 4.88. The fourth-order valence-electron chi connectivity index (χ4n) is 3.29. The molecule has 0 saturated heterocycles. The molecule has 0 atom stereocenters. The maximum absolute atomic E-state index is 12.7. The first-order chi connectivity index (χ1) is 15.3. The van der Waals surface area contributed by atoms with Crippen molar-refractivity contribution in [1.82, 2.24) is 4.57 Å². The Bertz CT molecular complexity index is 1270. The predicted octanol–water partition coefficient (Wildman–Crippen LogP) is 5.73. The third kappa shape index (κ3) is 4.70. The third-order valence-corrected chi connectivity index (χ3v) is 5.70. The number of halogens is 2. The molecule has 0 aliphatic carbocycles. The summed E-state index contributed by atoms with van der Waals surface area (Å²) >= 11 is 12.1. The van der Waals surface area contributed by atoms with Crippen LogP contribution in [0.5, 0.6) is 0 Å². The largest absolute Gasteiger partial charge is 0.465 e. The minimum absolute atomic E-state index is 0.0812. The van der Waals surface area contributed by atoms with E-state index in [0.29, 0.717) is 21.8 Å². The quantitative estimate of drug-likeness (QED) is 0.294. The number of hydrogen-bond donors (Lipinski definition) is 1. The molecule has 162 valence electrons. The summed E-state index contributed by atoms with van der Waals surface area (Å²) in [4.78, 5) is 24.3. The molecule has 0 aliphatic rings. The summed E-state index contributed by atoms with van der Waals surface area (Å²) in [6.45, 7) is 3.80. The van der Waals surface area contributed by atoms with Gasteiger partial charge in [0, 0.05) is 17.1 Å². The van der Waals surface area contributed by atoms with Gasteiger partial charge in [0.25, 0.3) is 5.91 Å². The molecule has 1 heterocycles. The molecule has 0 fully saturated rings. The zero-order valence-corrected chi connectivity index (χ0v) is 19.1. The summed E-state index contributed by atoms with van der Waals surface area (Å²) in [5.41, 5.74) is 3.96. The fourth-order valence-corrected chi connectivity index (χ4v) is 3.64. The maximum Gasteiger partial charge on any atom is 0.337 e. The number of benzene rings is 2. The molecule has 8 heteroatoms. The van der Waals surface area contributed by atoms with E-state index in [2.05, 4.69) is 5.32 Å². The van der Waals surface area contributed by atoms with Gasteiger partial charge in [-0.2, -0.15) is 5.26 Å². The second-order valence-corrected chi connectivity index (χ2v) is 7.71. The van der Waals surface area contributed by atoms with Gasteiger partial charge in [-0.05, 0) is 68.0 Å². The number of rotatable bonds is 5. The van der Waals surface area contributed by atoms with Crippen LogP contribution in [0.4, 0.5) is 5.69 Å². The number of aromatic nitrogens is 1. The van der Waals surface area contributed by atoms with Crippen LogP contribution in [0.2, 0.25) is 10.0 Å². The van der Waals surface area contributed by atoms with Crippen LogP contribution in [-0.2, 0) is 9.53 Å². The lowest BCUT2D eigenvalue weighted by Gasteiger charge is -2.10. The van der Waals surface area contributed by atoms with E-state index < -0.39 is 11.9 Å². The topological polar surface area (TPSA) is 84.1 Å². The summed E-state index contributed by atoms with van der Waals surface area (Å²) in [6.07, 6.45) is 1.52. The Balaban J connectivity index is 1.92. The first-order valence-corrected chi connectivity index (χ1v) is 10.3. The van der Waals surface area contributed by atoms with Crippen molar-refractivity contribution < 1.29 is 14.3 Å². The zero-order valence-electron chi connectivity index (χ0n) is 17.6. The Morgan fingerprint density at radius 3 is 2.44 bits per heavy atom. The normalized spacial score (nSPS) is 11.1. The number of nitrogens with zero attached hydrogens (tertiary/aromatic N) is 2. The number of ether oxygens (including phenoxy) is 1. The molecule has 32 heavy (non-hydrogen) atoms. The average molecular weight is 468 g/mol. The van der Waals surface area contributed by atoms with Gasteiger partial charge in [0.2, 0.25) is 0 Å². The Labute approximate surface area is 195 Å². The highest BCUT2D eigenvalue weighted by atomic mass is 35.5. The summed E-state index contributed by atoms with van der Waals surface area (Å²) in [6, 6.07) is 15.6. The van der Waals surface area contributed by atoms with Gasteiger partial charge < -0.3 is 14.6 Å². The van der Waals surface area contributed by atoms with Gasteiger partial charge in [-0.15, -0.1) is 0 Å². The van der Waals surface area contributed by atoms with E-state index in [1.165, 1.54) is 13.2 Å². The van der Waals surface area contributed by atoms with Crippen molar-refractivity contribution in [3.05, 3.63) is 86.7 Å². The van der Waals surface area contributed by atoms with Crippen molar-refractivity contribution >= 4 is 46.8 Å². The summed E-state index contributed by atoms with van der Waals surface area (Å²) in [5.74, 6) is -1.01. The SMILES string of the molecule is COC(=O)c1ccc(-n2c(C)cc(/C=C(/C#N)C(=O)Nc3cccc(Cl)c3Cl)c2C)cc1. The van der Waals surface area contributed by atoms with Crippen LogP contribution >= 0.6 is 23.2 Å². The number of methoxy groups -OCH3 is 1. The predicted molar refractivity (Wildman–Crippen MR) is 125 cm³/mol. The van der Waals surface area contributed by atoms with E-state index in [1.807, 2.05) is 30.6 Å². The van der Waals surface area contributed by atoms with Gasteiger partial charge in [0.15, 0.2) is 0 Å². The van der Waals surface area contributed by atoms with Crippen molar-refractivity contribution in [2.45, 2.75) is 13.8 Å². The van der Waals surface area contributed by atoms with Crippen molar-refractivity contribution in [2.24, 2.45) is 0 Å². The van der Waals surface area contributed by atoms with Gasteiger partial charge in [-0.3, -0.25) is 4.79 Å². The molecule has 3 aromatic rings. The number of amides is 1. The Kier molecular flexibility index (Phi) is 7.04. The van der Waals surface area contributed by atoms with Gasteiger partial charge in [-0.25, -0.2) is 4.79 Å². The molecule has 3 rings (SSSR count). The van der Waals surface area contributed by atoms with E-state index in [9.17, 15) is 14.9 Å². The number of nitrogens with one attached hydrogen (secondary N) is 1. The first-order valence-electron chi connectivity index (χ1n) is 9.51. The summed E-state index contributed by atoms with van der Waals surface area (Å²) in [7, 11) is 1.33. The molecule has 2 aromatic carbocycles. The van der Waals surface area contributed by atoms with Gasteiger partial charge in [0.1, 0.15) is 11.6 Å². The lowest BCUT2D eigenvalue weighted by atomic mass is 10.1. The highest BCUT2D eigenvalue weighted by Gasteiger charge is 2.16. The van der Waals surface area contributed by atoms with Crippen LogP contribution in [0.25, 0.3) is 11.8 Å². The van der Waals surface area contributed by atoms with Crippen LogP contribution in [0.15, 0.2) is 54.1 Å². The van der Waals surface area contributed by atoms with Crippen LogP contribution < -0.4 is 5.32 Å². The minimum Gasteiger partial charge on any atom is -0.465 e. The molecule has 0 saturated carbocycles. The maximum atomic E-state index is 12.7. The molecular formula is C24H19Cl2N3O3. The number of esters is 1. The lowest BCUT2D eigenvalue weighted by molar-refractivity contribution is -0.112. The molecule has 0 radical (unpaired) electrons. The first kappa shape index (κ1) is 23.1. The van der Waals surface area contributed by atoms with Crippen LogP contribution in [0, 0.1) is 25.2 Å². The number of anilines is 1. The zero-order chi connectivity index (χ0) is 23.4. The minimum atomic E-state index is -0.594. The molecule has 0 unspecified atom stereocenters. The van der Waals surface area contributed by atoms with Gasteiger partial charge in [0.05, 0.1) is 28.4 Å². The standard InChI is InChI=1S/C24H19Cl2N3O3/c1-14-11-17(15(2)29(14)19-9-7-16(8-10-19)24(31)32-3)12-18(13-27)23(30)28-21-6-4-5-20(25)22(21)26/h4-12H,1-3H3,(H,28,30)/b18-12-. The number of carbonyl (C=O) groups excluding carboxylic acids is 2. The average Bonchev–Trinajstić information content (AvgIpc) is 3.07. The molecule has 1 N–H and O–H groups in total. The van der Waals surface area contributed by atoms with Crippen LogP contribution in [-0.4, -0.2) is 23.6 Å². The monoisotopic (exact) mass is 467 g/mol. The number of hydrogen-bond acceptors (Lipinski definition) is 4. The second kappa shape index (κ2) is 9.73. The van der Waals surface area contributed by atoms with Crippen molar-refractivity contribution in [3.63, 3.8) is 0 Å². The highest BCUT2D eigenvalue weighted by Crippen LogP contribution is 2.30. The molecule has 6 nitrogen and oxygen atoms in total. The fraction of sp³-hybridized carbons (Fsp3) is 0.125. The van der Waals surface area contributed by atoms with E-state index in [0.717, 1.165) is 17.1 Å². The molecule has 1 aromatic heterocycles. The van der Waals surface area contributed by atoms with Gasteiger partial charge >= 0.3 is 5.97 Å². The van der Waals surface area contributed by atoms with E-state index in [4.69, 9.17) is 27.9 Å². The van der Waals surface area contributed by atoms with Crippen LogP contribution in [0.1, 0.15) is 27.3 Å². The number of nitriles is 1. The van der Waals surface area contributed by atoms with Gasteiger partial charge in [-0.1, -0.05) is 29.3 Å². The summed E-state index contributed by atoms with van der Waals surface area (Å²) in [5, 5.41) is 12.7. The molecule has 1 amide bonds. The van der Waals surface area contributed by atoms with E-state index >= 15 is 0 Å². The second-order valence-electron chi connectivity index (χ2n) is 6.93. The number of aryl methyl sites for hydroxylation is 1. The van der Waals surface area contributed by atoms with Crippen molar-refractivity contribution in [1.29, 1.82) is 5.26 Å². The highest BCUT2D eigenvalue weighted by molar-refractivity contribution is 6.44. The molecule has 0 spiro atoms.